The molecule has 0 fully saturated rings. The molecule has 190 valence electrons. The van der Waals surface area contributed by atoms with Gasteiger partial charge in [0.1, 0.15) is 5.75 Å². The van der Waals surface area contributed by atoms with E-state index in [2.05, 4.69) is 89.0 Å². The minimum atomic E-state index is 0.251. The topological polar surface area (TPSA) is 23.5 Å². The van der Waals surface area contributed by atoms with Crippen molar-refractivity contribution in [1.82, 2.24) is 0 Å². The van der Waals surface area contributed by atoms with Crippen LogP contribution in [0.2, 0.25) is 0 Å². The van der Waals surface area contributed by atoms with Gasteiger partial charge in [-0.2, -0.15) is 0 Å². The highest BCUT2D eigenvalue weighted by Gasteiger charge is 2.15. The molecule has 0 amide bonds. The summed E-state index contributed by atoms with van der Waals surface area (Å²) in [5, 5.41) is 10.9. The molecule has 2 nitrogen and oxygen atoms in total. The predicted molar refractivity (Wildman–Crippen MR) is 162 cm³/mol. The highest BCUT2D eigenvalue weighted by molar-refractivity contribution is 5.71. The molecule has 0 atom stereocenters. The van der Waals surface area contributed by atoms with E-state index in [0.29, 0.717) is 0 Å². The van der Waals surface area contributed by atoms with E-state index in [4.69, 9.17) is 0 Å². The van der Waals surface area contributed by atoms with Crippen LogP contribution in [0.25, 0.3) is 11.6 Å². The van der Waals surface area contributed by atoms with Gasteiger partial charge in [-0.3, -0.25) is 0 Å². The van der Waals surface area contributed by atoms with Gasteiger partial charge in [-0.15, -0.1) is 0 Å². The Kier molecular flexibility index (Phi) is 8.78. The average molecular weight is 490 g/mol. The molecule has 3 rings (SSSR count). The fraction of sp³-hybridized carbons (Fsp3) is 0.200. The molecule has 0 aliphatic rings. The summed E-state index contributed by atoms with van der Waals surface area (Å²) in [6, 6.07) is 20.7. The zero-order valence-electron chi connectivity index (χ0n) is 23.2. The van der Waals surface area contributed by atoms with Crippen LogP contribution >= 0.6 is 0 Å². The Bertz CT molecular complexity index is 1420. The first kappa shape index (κ1) is 27.5. The molecular weight excluding hydrogens is 450 g/mol. The fourth-order valence-corrected chi connectivity index (χ4v) is 4.44. The van der Waals surface area contributed by atoms with Crippen LogP contribution in [0.1, 0.15) is 54.2 Å². The number of anilines is 1. The summed E-state index contributed by atoms with van der Waals surface area (Å²) >= 11 is 0. The molecule has 0 aromatic heterocycles. The lowest BCUT2D eigenvalue weighted by molar-refractivity contribution is 0.475. The van der Waals surface area contributed by atoms with Crippen molar-refractivity contribution in [3.63, 3.8) is 0 Å². The van der Waals surface area contributed by atoms with E-state index in [1.165, 1.54) is 16.7 Å². The van der Waals surface area contributed by atoms with Gasteiger partial charge in [0.05, 0.1) is 5.69 Å². The zero-order valence-corrected chi connectivity index (χ0v) is 23.2. The first-order valence-corrected chi connectivity index (χ1v) is 12.6. The standard InChI is InChI=1S/C35H39NO/c1-10-33(27(7)26(6)19-32-22-30(23(2)3)17-15-25(32)5)28(8)36(9)34-18-16-29(21-35(34)37)20-31-14-12-11-13-24(31)4/h10-19,21-22,37H,1-2,7,20H2,3-6,8-9H3/b26-19+,33-28+. The van der Waals surface area contributed by atoms with Gasteiger partial charge in [-0.25, -0.2) is 0 Å². The SMILES string of the molecule is C=C/C(C(=C)/C(C)=C/c1cc(C(=C)C)ccc1C)=C(/C)N(C)c1ccc(Cc2ccccc2C)cc1O. The highest BCUT2D eigenvalue weighted by atomic mass is 16.3. The summed E-state index contributed by atoms with van der Waals surface area (Å²) in [6.45, 7) is 22.9. The quantitative estimate of drug-likeness (QED) is 0.303. The molecule has 2 heteroatoms. The van der Waals surface area contributed by atoms with E-state index in [1.54, 1.807) is 0 Å². The second-order valence-corrected chi connectivity index (χ2v) is 9.85. The Morgan fingerprint density at radius 3 is 2.24 bits per heavy atom. The lowest BCUT2D eigenvalue weighted by Crippen LogP contribution is -2.17. The fourth-order valence-electron chi connectivity index (χ4n) is 4.44. The first-order valence-electron chi connectivity index (χ1n) is 12.6. The number of aromatic hydroxyl groups is 1. The second kappa shape index (κ2) is 11.8. The smallest absolute Gasteiger partial charge is 0.139 e. The van der Waals surface area contributed by atoms with Gasteiger partial charge in [-0.05, 0) is 109 Å². The minimum Gasteiger partial charge on any atom is -0.506 e. The number of benzene rings is 3. The number of nitrogens with zero attached hydrogens (tertiary/aromatic N) is 1. The van der Waals surface area contributed by atoms with Gasteiger partial charge in [0, 0.05) is 12.7 Å². The van der Waals surface area contributed by atoms with E-state index >= 15 is 0 Å². The van der Waals surface area contributed by atoms with Crippen molar-refractivity contribution in [3.05, 3.63) is 142 Å². The molecule has 0 aliphatic carbocycles. The summed E-state index contributed by atoms with van der Waals surface area (Å²) in [7, 11) is 1.96. The number of hydrogen-bond donors (Lipinski definition) is 1. The van der Waals surface area contributed by atoms with Crippen molar-refractivity contribution in [2.75, 3.05) is 11.9 Å². The number of aryl methyl sites for hydroxylation is 2. The molecule has 0 radical (unpaired) electrons. The normalized spacial score (nSPS) is 12.1. The summed E-state index contributed by atoms with van der Waals surface area (Å²) in [5.74, 6) is 0.251. The average Bonchev–Trinajstić information content (AvgIpc) is 2.86. The van der Waals surface area contributed by atoms with Gasteiger partial charge in [0.15, 0.2) is 0 Å². The van der Waals surface area contributed by atoms with Gasteiger partial charge in [-0.1, -0.05) is 79.9 Å². The van der Waals surface area contributed by atoms with E-state index in [-0.39, 0.29) is 5.75 Å². The van der Waals surface area contributed by atoms with Crippen LogP contribution in [-0.4, -0.2) is 12.2 Å². The maximum Gasteiger partial charge on any atom is 0.139 e. The molecule has 0 saturated heterocycles. The van der Waals surface area contributed by atoms with Crippen molar-refractivity contribution in [1.29, 1.82) is 0 Å². The molecule has 0 aliphatic heterocycles. The lowest BCUT2D eigenvalue weighted by Gasteiger charge is -2.25. The van der Waals surface area contributed by atoms with Crippen LogP contribution in [0.4, 0.5) is 5.69 Å². The Morgan fingerprint density at radius 1 is 0.919 bits per heavy atom. The van der Waals surface area contributed by atoms with E-state index in [0.717, 1.165) is 56.8 Å². The number of allylic oxidation sites excluding steroid dienone is 6. The molecule has 3 aromatic carbocycles. The predicted octanol–water partition coefficient (Wildman–Crippen LogP) is 9.19. The number of rotatable bonds is 9. The summed E-state index contributed by atoms with van der Waals surface area (Å²) in [4.78, 5) is 2.00. The molecule has 0 saturated carbocycles. The van der Waals surface area contributed by atoms with Gasteiger partial charge >= 0.3 is 0 Å². The zero-order chi connectivity index (χ0) is 27.3. The van der Waals surface area contributed by atoms with Crippen LogP contribution in [0, 0.1) is 13.8 Å². The number of phenolic OH excluding ortho intramolecular Hbond substituents is 1. The Balaban J connectivity index is 1.90. The third kappa shape index (κ3) is 6.40. The van der Waals surface area contributed by atoms with E-state index in [1.807, 2.05) is 50.1 Å². The molecule has 0 unspecified atom stereocenters. The van der Waals surface area contributed by atoms with Crippen LogP contribution in [0.5, 0.6) is 5.75 Å². The van der Waals surface area contributed by atoms with Gasteiger partial charge in [0.2, 0.25) is 0 Å². The van der Waals surface area contributed by atoms with Crippen molar-refractivity contribution >= 4 is 17.3 Å². The number of phenols is 1. The van der Waals surface area contributed by atoms with E-state index in [9.17, 15) is 5.11 Å². The van der Waals surface area contributed by atoms with Crippen LogP contribution < -0.4 is 4.90 Å². The summed E-state index contributed by atoms with van der Waals surface area (Å²) < 4.78 is 0. The molecule has 0 bridgehead atoms. The van der Waals surface area contributed by atoms with Crippen molar-refractivity contribution in [2.45, 2.75) is 41.0 Å². The van der Waals surface area contributed by atoms with E-state index < -0.39 is 0 Å². The first-order chi connectivity index (χ1) is 17.5. The number of hydrogen-bond acceptors (Lipinski definition) is 2. The minimum absolute atomic E-state index is 0.251. The van der Waals surface area contributed by atoms with Gasteiger partial charge in [0.25, 0.3) is 0 Å². The van der Waals surface area contributed by atoms with Gasteiger partial charge < -0.3 is 10.0 Å². The Morgan fingerprint density at radius 2 is 1.62 bits per heavy atom. The highest BCUT2D eigenvalue weighted by Crippen LogP contribution is 2.34. The maximum atomic E-state index is 10.9. The molecule has 0 heterocycles. The summed E-state index contributed by atoms with van der Waals surface area (Å²) in [5.41, 5.74) is 12.7. The van der Waals surface area contributed by atoms with Crippen molar-refractivity contribution in [2.24, 2.45) is 0 Å². The largest absolute Gasteiger partial charge is 0.506 e. The van der Waals surface area contributed by atoms with Crippen molar-refractivity contribution < 1.29 is 5.11 Å². The third-order valence-corrected chi connectivity index (χ3v) is 7.10. The van der Waals surface area contributed by atoms with Crippen LogP contribution in [0.15, 0.2) is 109 Å². The molecular formula is C35H39NO. The summed E-state index contributed by atoms with van der Waals surface area (Å²) in [6.07, 6.45) is 4.79. The van der Waals surface area contributed by atoms with Crippen LogP contribution in [-0.2, 0) is 6.42 Å². The van der Waals surface area contributed by atoms with Crippen LogP contribution in [0.3, 0.4) is 0 Å². The molecule has 1 N–H and O–H groups in total. The molecule has 0 spiro atoms. The monoisotopic (exact) mass is 489 g/mol. The maximum absolute atomic E-state index is 10.9. The Labute approximate surface area is 223 Å². The van der Waals surface area contributed by atoms with Crippen molar-refractivity contribution in [3.8, 4) is 5.75 Å². The molecule has 37 heavy (non-hydrogen) atoms. The molecule has 3 aromatic rings. The lowest BCUT2D eigenvalue weighted by atomic mass is 9.94. The third-order valence-electron chi connectivity index (χ3n) is 7.10. The second-order valence-electron chi connectivity index (χ2n) is 9.85. The Hall–Kier alpha value is -4.04.